The van der Waals surface area contributed by atoms with E-state index in [0.717, 1.165) is 24.1 Å². The summed E-state index contributed by atoms with van der Waals surface area (Å²) in [5.74, 6) is -0.963. The highest BCUT2D eigenvalue weighted by Gasteiger charge is 2.57. The maximum Gasteiger partial charge on any atom is 0.459 e. The van der Waals surface area contributed by atoms with E-state index in [1.54, 1.807) is 69.3 Å². The minimum atomic E-state index is -4.40. The first kappa shape index (κ1) is 33.8. The fourth-order valence-electron chi connectivity index (χ4n) is 4.72. The zero-order valence-electron chi connectivity index (χ0n) is 25.3. The fraction of sp³-hybridized carbons (Fsp3) is 0.387. The van der Waals surface area contributed by atoms with Crippen molar-refractivity contribution in [3.63, 3.8) is 0 Å². The van der Waals surface area contributed by atoms with Crippen LogP contribution >= 0.6 is 7.75 Å². The quantitative estimate of drug-likeness (QED) is 0.224. The van der Waals surface area contributed by atoms with E-state index in [9.17, 15) is 19.3 Å². The number of nitrogens with zero attached hydrogens (tertiary/aromatic N) is 2. The summed E-state index contributed by atoms with van der Waals surface area (Å²) in [6.45, 7) is 9.25. The van der Waals surface area contributed by atoms with Gasteiger partial charge in [0.05, 0.1) is 24.3 Å². The summed E-state index contributed by atoms with van der Waals surface area (Å²) in [5.41, 5.74) is -0.217. The van der Waals surface area contributed by atoms with Crippen molar-refractivity contribution in [3.05, 3.63) is 78.8 Å². The number of carbonyl (C=O) groups excluding carboxylic acids is 2. The number of aliphatic hydroxyl groups excluding tert-OH is 1. The van der Waals surface area contributed by atoms with Gasteiger partial charge >= 0.3 is 13.7 Å². The summed E-state index contributed by atoms with van der Waals surface area (Å²) in [6, 6.07) is 14.5. The average molecular weight is 643 g/mol. The lowest BCUT2D eigenvalue weighted by molar-refractivity contribution is -0.149. The van der Waals surface area contributed by atoms with Gasteiger partial charge in [-0.15, -0.1) is 0 Å². The first-order chi connectivity index (χ1) is 21.3. The molecule has 0 spiro atoms. The molecule has 0 radical (unpaired) electrons. The van der Waals surface area contributed by atoms with E-state index in [1.165, 1.54) is 11.1 Å². The second-order valence-electron chi connectivity index (χ2n) is 11.0. The van der Waals surface area contributed by atoms with Gasteiger partial charge in [-0.2, -0.15) is 10.3 Å². The second-order valence-corrected chi connectivity index (χ2v) is 12.6. The van der Waals surface area contributed by atoms with Gasteiger partial charge in [0.2, 0.25) is 0 Å². The predicted octanol–water partition coefficient (Wildman–Crippen LogP) is 4.28. The van der Waals surface area contributed by atoms with Crippen molar-refractivity contribution in [1.82, 2.24) is 15.3 Å². The Balaban J connectivity index is 1.55. The van der Waals surface area contributed by atoms with E-state index < -0.39 is 62.5 Å². The molecule has 2 heterocycles. The van der Waals surface area contributed by atoms with Crippen molar-refractivity contribution in [2.45, 2.75) is 70.4 Å². The number of rotatable bonds is 12. The highest BCUT2D eigenvalue weighted by molar-refractivity contribution is 7.52. The van der Waals surface area contributed by atoms with Gasteiger partial charge in [-0.1, -0.05) is 37.8 Å². The van der Waals surface area contributed by atoms with Crippen LogP contribution in [0.2, 0.25) is 0 Å². The van der Waals surface area contributed by atoms with Gasteiger partial charge in [0.1, 0.15) is 29.8 Å². The largest absolute Gasteiger partial charge is 0.462 e. The van der Waals surface area contributed by atoms with Crippen LogP contribution in [0.3, 0.4) is 0 Å². The molecule has 14 heteroatoms. The number of nitriles is 1. The van der Waals surface area contributed by atoms with Crippen molar-refractivity contribution >= 4 is 19.6 Å². The van der Waals surface area contributed by atoms with Crippen molar-refractivity contribution in [2.75, 3.05) is 6.61 Å². The van der Waals surface area contributed by atoms with E-state index >= 15 is 4.39 Å². The SMILES string of the molecule is C=C1NC(=O)C=CN1[C@@H]1O[C@H](COP(=O)(N[C@@H](CC)C(=O)OC(C)C)Oc2ccc(-c3ccc(C#N)cc3)cc2)[C@@H](O)[C@@]1(C)F. The summed E-state index contributed by atoms with van der Waals surface area (Å²) >= 11 is 0. The normalized spacial score (nSPS) is 24.9. The molecule has 0 aromatic heterocycles. The lowest BCUT2D eigenvalue weighted by Crippen LogP contribution is -2.51. The zero-order valence-corrected chi connectivity index (χ0v) is 26.2. The summed E-state index contributed by atoms with van der Waals surface area (Å²) in [4.78, 5) is 25.6. The molecule has 1 saturated heterocycles. The minimum absolute atomic E-state index is 0.0414. The molecule has 3 N–H and O–H groups in total. The summed E-state index contributed by atoms with van der Waals surface area (Å²) in [5, 5.41) is 25.0. The molecule has 1 fully saturated rings. The molecule has 45 heavy (non-hydrogen) atoms. The molecule has 2 aliphatic rings. The van der Waals surface area contributed by atoms with Gasteiger partial charge in [0, 0.05) is 12.3 Å². The number of ether oxygens (including phenoxy) is 2. The molecule has 1 amide bonds. The predicted molar refractivity (Wildman–Crippen MR) is 162 cm³/mol. The summed E-state index contributed by atoms with van der Waals surface area (Å²) in [6.07, 6.45) is -2.31. The maximum atomic E-state index is 15.8. The number of hydrogen-bond donors (Lipinski definition) is 3. The van der Waals surface area contributed by atoms with Gasteiger partial charge in [0.25, 0.3) is 5.91 Å². The highest BCUT2D eigenvalue weighted by atomic mass is 31.2. The van der Waals surface area contributed by atoms with Crippen LogP contribution in [0.4, 0.5) is 4.39 Å². The van der Waals surface area contributed by atoms with Gasteiger partial charge in [-0.3, -0.25) is 14.1 Å². The highest BCUT2D eigenvalue weighted by Crippen LogP contribution is 2.47. The Morgan fingerprint density at radius 3 is 2.42 bits per heavy atom. The molecule has 12 nitrogen and oxygen atoms in total. The average Bonchev–Trinajstić information content (AvgIpc) is 3.22. The van der Waals surface area contributed by atoms with Crippen LogP contribution in [-0.4, -0.2) is 64.7 Å². The Kier molecular flexibility index (Phi) is 10.5. The maximum absolute atomic E-state index is 15.8. The fourth-order valence-corrected chi connectivity index (χ4v) is 6.31. The number of amides is 1. The second kappa shape index (κ2) is 13.9. The number of halogens is 1. The zero-order chi connectivity index (χ0) is 32.9. The summed E-state index contributed by atoms with van der Waals surface area (Å²) in [7, 11) is -4.40. The topological polar surface area (TPSA) is 159 Å². The van der Waals surface area contributed by atoms with E-state index in [0.29, 0.717) is 5.56 Å². The van der Waals surface area contributed by atoms with E-state index in [4.69, 9.17) is 23.8 Å². The Labute approximate surface area is 261 Å². The Morgan fingerprint density at radius 1 is 1.24 bits per heavy atom. The smallest absolute Gasteiger partial charge is 0.459 e. The van der Waals surface area contributed by atoms with E-state index in [-0.39, 0.29) is 18.0 Å². The van der Waals surface area contributed by atoms with Crippen molar-refractivity contribution in [1.29, 1.82) is 5.26 Å². The van der Waals surface area contributed by atoms with Crippen LogP contribution in [0.5, 0.6) is 5.75 Å². The van der Waals surface area contributed by atoms with Crippen LogP contribution in [0, 0.1) is 11.3 Å². The number of nitrogens with one attached hydrogen (secondary N) is 2. The third-order valence-electron chi connectivity index (χ3n) is 7.13. The molecule has 4 rings (SSSR count). The molecule has 240 valence electrons. The van der Waals surface area contributed by atoms with Gasteiger partial charge in [-0.25, -0.2) is 8.96 Å². The third kappa shape index (κ3) is 7.97. The molecule has 6 atom stereocenters. The molecule has 2 aromatic rings. The van der Waals surface area contributed by atoms with Gasteiger partial charge < -0.3 is 29.3 Å². The van der Waals surface area contributed by atoms with Crippen molar-refractivity contribution in [2.24, 2.45) is 0 Å². The lowest BCUT2D eigenvalue weighted by Gasteiger charge is -2.35. The van der Waals surface area contributed by atoms with E-state index in [2.05, 4.69) is 23.1 Å². The van der Waals surface area contributed by atoms with Crippen LogP contribution in [0.1, 0.15) is 39.7 Å². The third-order valence-corrected chi connectivity index (χ3v) is 8.70. The Morgan fingerprint density at radius 2 is 1.87 bits per heavy atom. The molecule has 0 saturated carbocycles. The number of carbonyl (C=O) groups is 2. The van der Waals surface area contributed by atoms with Gasteiger partial charge in [-0.05, 0) is 62.6 Å². The molecular weight excluding hydrogens is 606 g/mol. The van der Waals surface area contributed by atoms with Crippen LogP contribution in [0.15, 0.2) is 73.2 Å². The molecular formula is C31H36FN4O8P. The molecule has 0 aliphatic carbocycles. The Bertz CT molecular complexity index is 1520. The molecule has 0 bridgehead atoms. The number of hydrogen-bond acceptors (Lipinski definition) is 10. The monoisotopic (exact) mass is 642 g/mol. The first-order valence-electron chi connectivity index (χ1n) is 14.3. The summed E-state index contributed by atoms with van der Waals surface area (Å²) < 4.78 is 52.5. The van der Waals surface area contributed by atoms with E-state index in [1.807, 2.05) is 0 Å². The lowest BCUT2D eigenvalue weighted by atomic mass is 9.98. The Hall–Kier alpha value is -4.05. The minimum Gasteiger partial charge on any atom is -0.462 e. The first-order valence-corrected chi connectivity index (χ1v) is 15.8. The number of aliphatic hydroxyl groups is 1. The molecule has 2 aromatic carbocycles. The van der Waals surface area contributed by atoms with Crippen LogP contribution in [-0.2, 0) is 28.2 Å². The van der Waals surface area contributed by atoms with Crippen molar-refractivity contribution < 1.29 is 42.2 Å². The number of benzene rings is 2. The number of esters is 1. The van der Waals surface area contributed by atoms with Crippen LogP contribution < -0.4 is 14.9 Å². The van der Waals surface area contributed by atoms with Crippen molar-refractivity contribution in [3.8, 4) is 22.9 Å². The van der Waals surface area contributed by atoms with Crippen LogP contribution in [0.25, 0.3) is 11.1 Å². The molecule has 2 aliphatic heterocycles. The molecule has 1 unspecified atom stereocenters. The standard InChI is InChI=1S/C31H36FN4O8P/c1-6-25(29(39)42-19(2)3)35-45(40,44-24-13-11-23(12-14-24)22-9-7-21(17-33)8-10-22)41-18-26-28(38)31(5,32)30(43-26)36-16-15-27(37)34-20(36)4/h7-16,19,25-26,28,30,38H,4,6,18H2,1-3,5H3,(H,34,37)(H,35,40)/t25-,26+,28+,30+,31+,45?/m0/s1. The number of alkyl halides is 1. The van der Waals surface area contributed by atoms with Gasteiger partial charge in [0.15, 0.2) is 11.9 Å².